The van der Waals surface area contributed by atoms with E-state index in [0.717, 1.165) is 26.2 Å². The molecule has 0 aliphatic heterocycles. The average molecular weight is 236 g/mol. The smallest absolute Gasteiger partial charge is 0.0713 e. The van der Waals surface area contributed by atoms with Crippen LogP contribution in [0, 0.1) is 0 Å². The second-order valence-electron chi connectivity index (χ2n) is 4.32. The largest absolute Gasteiger partial charge is 0.380 e. The van der Waals surface area contributed by atoms with Crippen LogP contribution in [0.25, 0.3) is 0 Å². The van der Waals surface area contributed by atoms with Crippen molar-refractivity contribution in [1.29, 1.82) is 0 Å². The predicted molar refractivity (Wildman–Crippen MR) is 72.0 cm³/mol. The first kappa shape index (κ1) is 14.2. The lowest BCUT2D eigenvalue weighted by molar-refractivity contribution is 0.185. The maximum atomic E-state index is 5.08. The molecule has 0 amide bonds. The van der Waals surface area contributed by atoms with Crippen molar-refractivity contribution < 1.29 is 4.74 Å². The number of benzene rings is 1. The lowest BCUT2D eigenvalue weighted by Gasteiger charge is -2.14. The molecule has 0 aromatic heterocycles. The minimum Gasteiger partial charge on any atom is -0.380 e. The zero-order valence-corrected chi connectivity index (χ0v) is 11.2. The van der Waals surface area contributed by atoms with Crippen molar-refractivity contribution >= 4 is 0 Å². The normalized spacial score (nSPS) is 11.1. The Hall–Kier alpha value is -0.900. The zero-order valence-electron chi connectivity index (χ0n) is 11.2. The Morgan fingerprint density at radius 3 is 2.41 bits per heavy atom. The molecule has 3 heteroatoms. The minimum absolute atomic E-state index is 0.689. The fraction of sp³-hybridized carbons (Fsp3) is 0.571. The summed E-state index contributed by atoms with van der Waals surface area (Å²) in [4.78, 5) is 2.30. The Balaban J connectivity index is 2.23. The molecule has 0 aliphatic carbocycles. The first-order valence-electron chi connectivity index (χ1n) is 6.22. The van der Waals surface area contributed by atoms with Crippen LogP contribution in [0.5, 0.6) is 0 Å². The van der Waals surface area contributed by atoms with Crippen molar-refractivity contribution in [3.63, 3.8) is 0 Å². The topological polar surface area (TPSA) is 24.5 Å². The van der Waals surface area contributed by atoms with Crippen LogP contribution in [0.2, 0.25) is 0 Å². The summed E-state index contributed by atoms with van der Waals surface area (Å²) in [7, 11) is 3.86. The summed E-state index contributed by atoms with van der Waals surface area (Å²) < 4.78 is 5.08. The van der Waals surface area contributed by atoms with Gasteiger partial charge in [-0.2, -0.15) is 0 Å². The molecule has 0 saturated heterocycles. The summed E-state index contributed by atoms with van der Waals surface area (Å²) in [5.74, 6) is 0. The molecule has 0 saturated carbocycles. The van der Waals surface area contributed by atoms with Gasteiger partial charge in [-0.25, -0.2) is 0 Å². The fourth-order valence-corrected chi connectivity index (χ4v) is 1.58. The Labute approximate surface area is 105 Å². The number of rotatable bonds is 8. The first-order chi connectivity index (χ1) is 8.26. The third-order valence-corrected chi connectivity index (χ3v) is 2.87. The molecule has 0 radical (unpaired) electrons. The summed E-state index contributed by atoms with van der Waals surface area (Å²) in [6.45, 7) is 7.03. The van der Waals surface area contributed by atoms with Gasteiger partial charge in [-0.3, -0.25) is 0 Å². The molecule has 3 nitrogen and oxygen atoms in total. The van der Waals surface area contributed by atoms with Crippen LogP contribution in [0.1, 0.15) is 18.1 Å². The molecule has 1 rings (SSSR count). The van der Waals surface area contributed by atoms with Gasteiger partial charge in [0.25, 0.3) is 0 Å². The highest BCUT2D eigenvalue weighted by molar-refractivity contribution is 5.21. The molecular formula is C14H24N2O. The van der Waals surface area contributed by atoms with Crippen LogP contribution in [-0.4, -0.2) is 38.7 Å². The lowest BCUT2D eigenvalue weighted by Crippen LogP contribution is -2.28. The first-order valence-corrected chi connectivity index (χ1v) is 6.22. The van der Waals surface area contributed by atoms with Crippen LogP contribution < -0.4 is 5.32 Å². The highest BCUT2D eigenvalue weighted by Gasteiger charge is 1.96. The molecule has 17 heavy (non-hydrogen) atoms. The minimum atomic E-state index is 0.689. The molecule has 1 aromatic rings. The molecule has 0 aliphatic rings. The van der Waals surface area contributed by atoms with Crippen LogP contribution in [0.3, 0.4) is 0 Å². The summed E-state index contributed by atoms with van der Waals surface area (Å²) in [5.41, 5.74) is 2.55. The number of nitrogens with zero attached hydrogens (tertiary/aromatic N) is 1. The fourth-order valence-electron chi connectivity index (χ4n) is 1.58. The van der Waals surface area contributed by atoms with Crippen molar-refractivity contribution in [1.82, 2.24) is 10.2 Å². The number of likely N-dealkylation sites (N-methyl/N-ethyl adjacent to an activating group) is 1. The maximum Gasteiger partial charge on any atom is 0.0713 e. The molecule has 0 heterocycles. The van der Waals surface area contributed by atoms with Gasteiger partial charge in [0.05, 0.1) is 6.61 Å². The SMILES string of the molecule is CCN(C)CCNCc1ccc(COC)cc1. The summed E-state index contributed by atoms with van der Waals surface area (Å²) in [5, 5.41) is 3.45. The van der Waals surface area contributed by atoms with Crippen molar-refractivity contribution in [2.75, 3.05) is 33.8 Å². The van der Waals surface area contributed by atoms with Crippen molar-refractivity contribution in [2.45, 2.75) is 20.1 Å². The Morgan fingerprint density at radius 1 is 1.18 bits per heavy atom. The standard InChI is InChI=1S/C14H24N2O/c1-4-16(2)10-9-15-11-13-5-7-14(8-6-13)12-17-3/h5-8,15H,4,9-12H2,1-3H3. The van der Waals surface area contributed by atoms with Crippen LogP contribution >= 0.6 is 0 Å². The van der Waals surface area contributed by atoms with Gasteiger partial charge in [-0.1, -0.05) is 31.2 Å². The monoisotopic (exact) mass is 236 g/mol. The highest BCUT2D eigenvalue weighted by atomic mass is 16.5. The Morgan fingerprint density at radius 2 is 1.82 bits per heavy atom. The third kappa shape index (κ3) is 5.82. The molecule has 0 spiro atoms. The summed E-state index contributed by atoms with van der Waals surface area (Å²) >= 11 is 0. The molecule has 1 N–H and O–H groups in total. The van der Waals surface area contributed by atoms with Gasteiger partial charge in [0, 0.05) is 26.7 Å². The number of ether oxygens (including phenoxy) is 1. The van der Waals surface area contributed by atoms with Crippen LogP contribution in [0.4, 0.5) is 0 Å². The second kappa shape index (κ2) is 8.23. The molecule has 0 fully saturated rings. The number of methoxy groups -OCH3 is 1. The maximum absolute atomic E-state index is 5.08. The highest BCUT2D eigenvalue weighted by Crippen LogP contribution is 2.05. The predicted octanol–water partition coefficient (Wildman–Crippen LogP) is 1.87. The van der Waals surface area contributed by atoms with Crippen molar-refractivity contribution in [2.24, 2.45) is 0 Å². The van der Waals surface area contributed by atoms with E-state index in [0.29, 0.717) is 6.61 Å². The van der Waals surface area contributed by atoms with E-state index in [2.05, 4.69) is 48.5 Å². The van der Waals surface area contributed by atoms with Crippen molar-refractivity contribution in [3.05, 3.63) is 35.4 Å². The summed E-state index contributed by atoms with van der Waals surface area (Å²) in [6, 6.07) is 8.56. The van der Waals surface area contributed by atoms with Gasteiger partial charge >= 0.3 is 0 Å². The number of hydrogen-bond acceptors (Lipinski definition) is 3. The van der Waals surface area contributed by atoms with Gasteiger partial charge in [-0.05, 0) is 24.7 Å². The van der Waals surface area contributed by atoms with E-state index < -0.39 is 0 Å². The Bertz CT molecular complexity index is 298. The van der Waals surface area contributed by atoms with Crippen LogP contribution in [0.15, 0.2) is 24.3 Å². The van der Waals surface area contributed by atoms with E-state index in [-0.39, 0.29) is 0 Å². The second-order valence-corrected chi connectivity index (χ2v) is 4.32. The number of nitrogens with one attached hydrogen (secondary N) is 1. The Kier molecular flexibility index (Phi) is 6.86. The van der Waals surface area contributed by atoms with Gasteiger partial charge < -0.3 is 15.0 Å². The van der Waals surface area contributed by atoms with Gasteiger partial charge in [0.2, 0.25) is 0 Å². The van der Waals surface area contributed by atoms with Gasteiger partial charge in [-0.15, -0.1) is 0 Å². The van der Waals surface area contributed by atoms with E-state index in [1.165, 1.54) is 11.1 Å². The molecule has 0 bridgehead atoms. The third-order valence-electron chi connectivity index (χ3n) is 2.87. The molecule has 96 valence electrons. The molecule has 1 aromatic carbocycles. The van der Waals surface area contributed by atoms with E-state index >= 15 is 0 Å². The number of hydrogen-bond donors (Lipinski definition) is 1. The van der Waals surface area contributed by atoms with E-state index in [4.69, 9.17) is 4.74 Å². The van der Waals surface area contributed by atoms with Crippen molar-refractivity contribution in [3.8, 4) is 0 Å². The zero-order chi connectivity index (χ0) is 12.5. The average Bonchev–Trinajstić information content (AvgIpc) is 2.36. The van der Waals surface area contributed by atoms with Gasteiger partial charge in [0.15, 0.2) is 0 Å². The van der Waals surface area contributed by atoms with Crippen LogP contribution in [-0.2, 0) is 17.9 Å². The van der Waals surface area contributed by atoms with Gasteiger partial charge in [0.1, 0.15) is 0 Å². The van der Waals surface area contributed by atoms with E-state index in [9.17, 15) is 0 Å². The van der Waals surface area contributed by atoms with E-state index in [1.807, 2.05) is 0 Å². The van der Waals surface area contributed by atoms with E-state index in [1.54, 1.807) is 7.11 Å². The quantitative estimate of drug-likeness (QED) is 0.697. The molecular weight excluding hydrogens is 212 g/mol. The molecule has 0 atom stereocenters. The molecule has 0 unspecified atom stereocenters. The lowest BCUT2D eigenvalue weighted by atomic mass is 10.1. The summed E-state index contributed by atoms with van der Waals surface area (Å²) in [6.07, 6.45) is 0.